The second-order valence-electron chi connectivity index (χ2n) is 5.15. The molecule has 16 heavy (non-hydrogen) atoms. The maximum Gasteiger partial charge on any atom is 0.394 e. The largest absolute Gasteiger partial charge is 0.394 e. The Hall–Kier alpha value is -0.250. The fourth-order valence-corrected chi connectivity index (χ4v) is 2.68. The molecular formula is C12H22F3N. The molecule has 96 valence electrons. The van der Waals surface area contributed by atoms with Crippen LogP contribution in [0.25, 0.3) is 0 Å². The van der Waals surface area contributed by atoms with E-state index in [1.807, 2.05) is 0 Å². The highest BCUT2D eigenvalue weighted by molar-refractivity contribution is 4.93. The van der Waals surface area contributed by atoms with Crippen molar-refractivity contribution in [3.63, 3.8) is 0 Å². The summed E-state index contributed by atoms with van der Waals surface area (Å²) in [6, 6.07) is 0. The molecule has 1 aliphatic heterocycles. The van der Waals surface area contributed by atoms with Gasteiger partial charge in [0, 0.05) is 0 Å². The van der Waals surface area contributed by atoms with Crippen LogP contribution in [0.5, 0.6) is 0 Å². The number of nitrogens with zero attached hydrogens (tertiary/aromatic N) is 1. The molecule has 1 saturated heterocycles. The van der Waals surface area contributed by atoms with Gasteiger partial charge in [-0.15, -0.1) is 0 Å². The molecule has 0 spiro atoms. The molecule has 0 aromatic heterocycles. The number of halogens is 3. The van der Waals surface area contributed by atoms with E-state index in [4.69, 9.17) is 0 Å². The molecule has 4 heteroatoms. The van der Waals surface area contributed by atoms with E-state index in [1.54, 1.807) is 13.8 Å². The van der Waals surface area contributed by atoms with Crippen molar-refractivity contribution in [3.8, 4) is 0 Å². The lowest BCUT2D eigenvalue weighted by Crippen LogP contribution is -2.51. The molecule has 0 N–H and O–H groups in total. The first-order chi connectivity index (χ1) is 7.33. The van der Waals surface area contributed by atoms with Crippen molar-refractivity contribution in [2.24, 2.45) is 11.3 Å². The Morgan fingerprint density at radius 1 is 1.19 bits per heavy atom. The van der Waals surface area contributed by atoms with Crippen molar-refractivity contribution >= 4 is 0 Å². The number of likely N-dealkylation sites (tertiary alicyclic amines) is 1. The van der Waals surface area contributed by atoms with Gasteiger partial charge in [-0.3, -0.25) is 0 Å². The third-order valence-electron chi connectivity index (χ3n) is 3.96. The molecule has 0 bridgehead atoms. The van der Waals surface area contributed by atoms with Crippen molar-refractivity contribution in [2.75, 3.05) is 19.6 Å². The molecule has 0 aromatic carbocycles. The molecule has 0 aromatic rings. The first-order valence-corrected chi connectivity index (χ1v) is 6.12. The van der Waals surface area contributed by atoms with Crippen LogP contribution in [-0.4, -0.2) is 30.7 Å². The molecule has 1 rings (SSSR count). The van der Waals surface area contributed by atoms with Crippen LogP contribution < -0.4 is 0 Å². The summed E-state index contributed by atoms with van der Waals surface area (Å²) in [6.07, 6.45) is -2.53. The summed E-state index contributed by atoms with van der Waals surface area (Å²) >= 11 is 0. The van der Waals surface area contributed by atoms with E-state index >= 15 is 0 Å². The molecule has 0 saturated carbocycles. The molecule has 1 fully saturated rings. The Morgan fingerprint density at radius 3 is 2.00 bits per heavy atom. The topological polar surface area (TPSA) is 3.24 Å². The minimum absolute atomic E-state index is 0.258. The van der Waals surface area contributed by atoms with Gasteiger partial charge in [-0.05, 0) is 44.8 Å². The van der Waals surface area contributed by atoms with Gasteiger partial charge in [-0.25, -0.2) is 0 Å². The molecule has 0 aliphatic carbocycles. The lowest BCUT2D eigenvalue weighted by molar-refractivity contribution is -0.253. The molecule has 0 unspecified atom stereocenters. The molecule has 0 atom stereocenters. The first kappa shape index (κ1) is 13.8. The number of alkyl halides is 3. The summed E-state index contributed by atoms with van der Waals surface area (Å²) in [5, 5.41) is 0. The predicted molar refractivity (Wildman–Crippen MR) is 59.3 cm³/mol. The Kier molecular flexibility index (Phi) is 4.27. The normalized spacial score (nSPS) is 22.7. The van der Waals surface area contributed by atoms with Crippen molar-refractivity contribution in [2.45, 2.75) is 46.2 Å². The van der Waals surface area contributed by atoms with Gasteiger partial charge >= 0.3 is 6.18 Å². The third-order valence-corrected chi connectivity index (χ3v) is 3.96. The van der Waals surface area contributed by atoms with Crippen LogP contribution in [0.1, 0.15) is 40.0 Å². The standard InChI is InChI=1S/C12H22F3N/c1-4-7-16-8-5-11(6-9-16,10(2)3)12(13,14)15/h10H,4-9H2,1-3H3. The quantitative estimate of drug-likeness (QED) is 0.723. The van der Waals surface area contributed by atoms with Gasteiger partial charge in [0.1, 0.15) is 0 Å². The summed E-state index contributed by atoms with van der Waals surface area (Å²) < 4.78 is 39.4. The number of hydrogen-bond acceptors (Lipinski definition) is 1. The predicted octanol–water partition coefficient (Wildman–Crippen LogP) is 3.70. The Labute approximate surface area is 96.0 Å². The molecule has 1 heterocycles. The van der Waals surface area contributed by atoms with E-state index < -0.39 is 11.6 Å². The van der Waals surface area contributed by atoms with Crippen LogP contribution >= 0.6 is 0 Å². The summed E-state index contributed by atoms with van der Waals surface area (Å²) in [5.74, 6) is -0.323. The molecule has 0 amide bonds. The van der Waals surface area contributed by atoms with E-state index in [-0.39, 0.29) is 18.8 Å². The Bertz CT molecular complexity index is 215. The number of rotatable bonds is 3. The first-order valence-electron chi connectivity index (χ1n) is 6.12. The zero-order valence-electron chi connectivity index (χ0n) is 10.4. The SMILES string of the molecule is CCCN1CCC(C(C)C)(C(F)(F)F)CC1. The van der Waals surface area contributed by atoms with E-state index in [0.717, 1.165) is 13.0 Å². The highest BCUT2D eigenvalue weighted by atomic mass is 19.4. The lowest BCUT2D eigenvalue weighted by atomic mass is 9.69. The van der Waals surface area contributed by atoms with Crippen molar-refractivity contribution in [3.05, 3.63) is 0 Å². The van der Waals surface area contributed by atoms with Crippen LogP contribution in [0.2, 0.25) is 0 Å². The van der Waals surface area contributed by atoms with E-state index in [2.05, 4.69) is 11.8 Å². The van der Waals surface area contributed by atoms with E-state index in [9.17, 15) is 13.2 Å². The summed E-state index contributed by atoms with van der Waals surface area (Å²) in [6.45, 7) is 7.56. The summed E-state index contributed by atoms with van der Waals surface area (Å²) in [7, 11) is 0. The van der Waals surface area contributed by atoms with Crippen LogP contribution in [0.15, 0.2) is 0 Å². The van der Waals surface area contributed by atoms with Crippen molar-refractivity contribution in [1.29, 1.82) is 0 Å². The van der Waals surface area contributed by atoms with Crippen LogP contribution in [0.3, 0.4) is 0 Å². The molecular weight excluding hydrogens is 215 g/mol. The molecule has 1 nitrogen and oxygen atoms in total. The Morgan fingerprint density at radius 2 is 1.69 bits per heavy atom. The zero-order valence-corrected chi connectivity index (χ0v) is 10.4. The van der Waals surface area contributed by atoms with Gasteiger partial charge in [-0.2, -0.15) is 13.2 Å². The monoisotopic (exact) mass is 237 g/mol. The summed E-state index contributed by atoms with van der Waals surface area (Å²) in [5.41, 5.74) is -1.45. The van der Waals surface area contributed by atoms with Crippen LogP contribution in [-0.2, 0) is 0 Å². The van der Waals surface area contributed by atoms with Crippen LogP contribution in [0, 0.1) is 11.3 Å². The average molecular weight is 237 g/mol. The highest BCUT2D eigenvalue weighted by Crippen LogP contribution is 2.51. The second kappa shape index (κ2) is 4.94. The fraction of sp³-hybridized carbons (Fsp3) is 1.00. The fourth-order valence-electron chi connectivity index (χ4n) is 2.68. The maximum absolute atomic E-state index is 13.1. The van der Waals surface area contributed by atoms with E-state index in [0.29, 0.717) is 13.1 Å². The number of hydrogen-bond donors (Lipinski definition) is 0. The van der Waals surface area contributed by atoms with Gasteiger partial charge < -0.3 is 4.90 Å². The second-order valence-corrected chi connectivity index (χ2v) is 5.15. The van der Waals surface area contributed by atoms with Crippen molar-refractivity contribution < 1.29 is 13.2 Å². The van der Waals surface area contributed by atoms with Gasteiger partial charge in [0.25, 0.3) is 0 Å². The van der Waals surface area contributed by atoms with Gasteiger partial charge in [0.05, 0.1) is 5.41 Å². The Balaban J connectivity index is 2.71. The van der Waals surface area contributed by atoms with E-state index in [1.165, 1.54) is 0 Å². The third kappa shape index (κ3) is 2.53. The average Bonchev–Trinajstić information content (AvgIpc) is 2.17. The van der Waals surface area contributed by atoms with Gasteiger partial charge in [0.2, 0.25) is 0 Å². The minimum atomic E-state index is -4.06. The smallest absolute Gasteiger partial charge is 0.303 e. The molecule has 0 radical (unpaired) electrons. The van der Waals surface area contributed by atoms with Gasteiger partial charge in [-0.1, -0.05) is 20.8 Å². The zero-order chi connectivity index (χ0) is 12.4. The molecule has 1 aliphatic rings. The lowest BCUT2D eigenvalue weighted by Gasteiger charge is -2.45. The van der Waals surface area contributed by atoms with Crippen molar-refractivity contribution in [1.82, 2.24) is 4.90 Å². The summed E-state index contributed by atoms with van der Waals surface area (Å²) in [4.78, 5) is 2.15. The maximum atomic E-state index is 13.1. The van der Waals surface area contributed by atoms with Gasteiger partial charge in [0.15, 0.2) is 0 Å². The minimum Gasteiger partial charge on any atom is -0.303 e. The number of piperidine rings is 1. The highest BCUT2D eigenvalue weighted by Gasteiger charge is 2.56. The van der Waals surface area contributed by atoms with Crippen LogP contribution in [0.4, 0.5) is 13.2 Å².